The maximum Gasteiger partial charge on any atom is 0.488 e. The minimum atomic E-state index is -1.38. The summed E-state index contributed by atoms with van der Waals surface area (Å²) in [6, 6.07) is 169. The van der Waals surface area contributed by atoms with Gasteiger partial charge in [0, 0.05) is 146 Å². The van der Waals surface area contributed by atoms with E-state index in [1.807, 2.05) is 66.7 Å². The molecule has 0 fully saturated rings. The zero-order chi connectivity index (χ0) is 83.7. The van der Waals surface area contributed by atoms with Gasteiger partial charge in [0.1, 0.15) is 0 Å². The second kappa shape index (κ2) is 57.6. The van der Waals surface area contributed by atoms with E-state index >= 15 is 0 Å². The molecule has 604 valence electrons. The largest absolute Gasteiger partial charge is 0.509 e. The normalized spacial score (nSPS) is 10.1. The van der Waals surface area contributed by atoms with Crippen LogP contribution in [0.4, 0.5) is 0 Å². The molecule has 0 saturated heterocycles. The summed E-state index contributed by atoms with van der Waals surface area (Å²) in [5.74, 6) is 0. The SMILES string of the molecule is Clc1ccc(-c2ccc3ccccc3c2)c(Br)c1.Clc1ccc(I)c(Br)c1.O=[C-]OO.OB(O)c1ccc2ccccc2c1.[K].[K].[Pd].c1ccc(P(c2ccccc2)c2ccccc2)cc1.c1ccc(P(c2ccccc2)c2ccccc2)cc1.c1ccc(P(c2ccccc2)c2ccccc2)cc1.c1ccc(P(c2ccccc2)c2ccccc2)cc1. The Morgan fingerprint density at radius 2 is 0.488 bits per heavy atom. The molecule has 3 N–H and O–H groups in total. The first-order valence-corrected chi connectivity index (χ1v) is 47.1. The fourth-order valence-corrected chi connectivity index (χ4v) is 23.8. The molecular weight excluding hydrogens is 2020 g/mol. The third-order valence-corrected chi connectivity index (χ3v) is 31.4. The molecule has 0 spiro atoms. The van der Waals surface area contributed by atoms with E-state index in [0.29, 0.717) is 5.46 Å². The van der Waals surface area contributed by atoms with E-state index in [1.54, 1.807) is 12.1 Å². The van der Waals surface area contributed by atoms with Crippen molar-refractivity contribution in [2.75, 3.05) is 0 Å². The Kier molecular flexibility index (Phi) is 47.9. The quantitative estimate of drug-likeness (QED) is 0.0181. The molecule has 2 radical (unpaired) electrons. The summed E-state index contributed by atoms with van der Waals surface area (Å²) in [5, 5.41) is 47.7. The van der Waals surface area contributed by atoms with Crippen LogP contribution >= 0.6 is 109 Å². The van der Waals surface area contributed by atoms with Crippen molar-refractivity contribution < 1.29 is 45.4 Å². The molecule has 123 heavy (non-hydrogen) atoms. The van der Waals surface area contributed by atoms with Gasteiger partial charge >= 0.3 is 7.12 Å². The molecule has 0 aromatic heterocycles. The van der Waals surface area contributed by atoms with Crippen molar-refractivity contribution in [1.29, 1.82) is 0 Å². The van der Waals surface area contributed by atoms with Gasteiger partial charge in [-0.2, -0.15) is 0 Å². The second-order valence-corrected chi connectivity index (χ2v) is 38.9. The molecule has 18 rings (SSSR count). The van der Waals surface area contributed by atoms with Gasteiger partial charge in [0.05, 0.1) is 0 Å². The average Bonchev–Trinajstić information content (AvgIpc) is 0.851. The maximum atomic E-state index is 8.94. The fraction of sp³-hybridized carbons (Fsp3) is 0. The minimum Gasteiger partial charge on any atom is -0.509 e. The smallest absolute Gasteiger partial charge is 0.488 e. The van der Waals surface area contributed by atoms with Crippen molar-refractivity contribution in [3.8, 4) is 11.1 Å². The summed E-state index contributed by atoms with van der Waals surface area (Å²) in [5.41, 5.74) is 2.88. The van der Waals surface area contributed by atoms with Gasteiger partial charge in [0.15, 0.2) is 0 Å². The van der Waals surface area contributed by atoms with Crippen LogP contribution in [0.2, 0.25) is 10.0 Å². The molecule has 0 saturated carbocycles. The molecule has 0 amide bonds. The summed E-state index contributed by atoms with van der Waals surface area (Å²) in [7, 11) is -3.17. The standard InChI is InChI=1S/4C18H15P.C16H10BrCl.C10H9BO2.C6H3BrClI.CHO3.2K.Pd/c4*1-4-10-16(11-5-1)19(17-12-6-2-7-13-17)18-14-8-3-9-15-18;17-16-10-14(18)7-8-15(16)13-6-5-11-3-1-2-4-12(11)9-13;12-11(13)10-6-5-8-3-1-2-4-9(8)7-10;7-5-3-4(8)1-2-6(5)9;2-1-4-3;;;/h4*1-15H;1-10H;1-7,12-13H;1-3H;3H;;;/q;;;;;;;-1;;;. The summed E-state index contributed by atoms with van der Waals surface area (Å²) in [6.07, 6.45) is 0. The number of carbonyl (C=O) groups excluding carboxylic acids is 1. The Balaban J connectivity index is 0.000000178. The maximum absolute atomic E-state index is 8.94. The van der Waals surface area contributed by atoms with Gasteiger partial charge in [-0.3, -0.25) is 0 Å². The zero-order valence-electron chi connectivity index (χ0n) is 67.4. The summed E-state index contributed by atoms with van der Waals surface area (Å²) in [6.45, 7) is 0.736. The zero-order valence-corrected chi connectivity index (χ0v) is 85.6. The van der Waals surface area contributed by atoms with E-state index in [2.05, 4.69) is 466 Å². The van der Waals surface area contributed by atoms with Gasteiger partial charge in [-0.25, -0.2) is 5.26 Å². The van der Waals surface area contributed by atoms with Crippen LogP contribution in [-0.2, 0) is 30.1 Å². The van der Waals surface area contributed by atoms with Crippen LogP contribution in [0, 0.1) is 3.57 Å². The number of rotatable bonds is 15. The molecule has 18 heteroatoms. The molecule has 18 aromatic rings. The van der Waals surface area contributed by atoms with Crippen LogP contribution in [0.5, 0.6) is 0 Å². The molecule has 0 bridgehead atoms. The van der Waals surface area contributed by atoms with Crippen LogP contribution in [0.25, 0.3) is 32.7 Å². The van der Waals surface area contributed by atoms with Crippen molar-refractivity contribution in [2.24, 2.45) is 0 Å². The van der Waals surface area contributed by atoms with Gasteiger partial charge < -0.3 is 19.7 Å². The van der Waals surface area contributed by atoms with Crippen LogP contribution in [0.3, 0.4) is 0 Å². The molecule has 0 aliphatic rings. The Labute approximate surface area is 868 Å². The summed E-state index contributed by atoms with van der Waals surface area (Å²) in [4.78, 5) is 11.3. The van der Waals surface area contributed by atoms with Crippen LogP contribution in [-0.4, -0.2) is 132 Å². The van der Waals surface area contributed by atoms with Crippen LogP contribution in [0.15, 0.2) is 494 Å². The van der Waals surface area contributed by atoms with Crippen LogP contribution in [0.1, 0.15) is 0 Å². The predicted molar refractivity (Wildman–Crippen MR) is 549 cm³/mol. The van der Waals surface area contributed by atoms with E-state index in [-0.39, 0.29) is 123 Å². The van der Waals surface area contributed by atoms with Crippen molar-refractivity contribution >= 4 is 316 Å². The van der Waals surface area contributed by atoms with Gasteiger partial charge in [0.2, 0.25) is 0 Å². The molecular formula is C105H83BBr2Cl2IK2O5P4Pd-. The minimum absolute atomic E-state index is 0. The molecule has 18 aromatic carbocycles. The van der Waals surface area contributed by atoms with E-state index in [1.165, 1.54) is 83.6 Å². The summed E-state index contributed by atoms with van der Waals surface area (Å²) < 4.78 is 3.25. The Morgan fingerprint density at radius 1 is 0.276 bits per heavy atom. The topological polar surface area (TPSA) is 87.0 Å². The molecule has 0 atom stereocenters. The Morgan fingerprint density at radius 3 is 0.707 bits per heavy atom. The van der Waals surface area contributed by atoms with Crippen molar-refractivity contribution in [1.82, 2.24) is 0 Å². The number of halogens is 5. The monoisotopic (exact) mass is 2100 g/mol. The molecule has 5 nitrogen and oxygen atoms in total. The first kappa shape index (κ1) is 102. The van der Waals surface area contributed by atoms with E-state index in [4.69, 9.17) is 43.3 Å². The molecule has 0 aliphatic carbocycles. The van der Waals surface area contributed by atoms with E-state index < -0.39 is 38.8 Å². The number of fused-ring (bicyclic) bond motifs is 2. The predicted octanol–water partition coefficient (Wildman–Crippen LogP) is 22.7. The van der Waals surface area contributed by atoms with Crippen molar-refractivity contribution in [2.45, 2.75) is 0 Å². The van der Waals surface area contributed by atoms with Gasteiger partial charge in [-0.05, 0) is 215 Å². The number of hydrogen-bond acceptors (Lipinski definition) is 5. The van der Waals surface area contributed by atoms with E-state index in [0.717, 1.165) is 41.8 Å². The first-order chi connectivity index (χ1) is 58.9. The fourth-order valence-electron chi connectivity index (χ4n) is 12.6. The number of hydrogen-bond donors (Lipinski definition) is 3. The van der Waals surface area contributed by atoms with Crippen molar-refractivity contribution in [3.05, 3.63) is 508 Å². The van der Waals surface area contributed by atoms with Gasteiger partial charge in [-0.15, -0.1) is 0 Å². The third kappa shape index (κ3) is 33.1. The Hall–Kier alpha value is -6.18. The third-order valence-electron chi connectivity index (χ3n) is 18.2. The first-order valence-electron chi connectivity index (χ1n) is 38.3. The average molecular weight is 2100 g/mol. The molecule has 0 heterocycles. The van der Waals surface area contributed by atoms with Gasteiger partial charge in [-0.1, -0.05) is 488 Å². The van der Waals surface area contributed by atoms with Gasteiger partial charge in [0.25, 0.3) is 0 Å². The van der Waals surface area contributed by atoms with Crippen molar-refractivity contribution in [3.63, 3.8) is 0 Å². The summed E-state index contributed by atoms with van der Waals surface area (Å²) >= 11 is 20.8. The van der Waals surface area contributed by atoms with E-state index in [9.17, 15) is 0 Å². The Bertz CT molecular complexity index is 5150. The molecule has 0 unspecified atom stereocenters. The van der Waals surface area contributed by atoms with Crippen LogP contribution < -0.4 is 69.1 Å². The number of benzene rings is 18. The second-order valence-electron chi connectivity index (χ2n) is 26.3. The molecule has 0 aliphatic heterocycles.